The van der Waals surface area contributed by atoms with Crippen LogP contribution in [0.5, 0.6) is 0 Å². The number of carbonyl (C=O) groups is 1. The van der Waals surface area contributed by atoms with E-state index >= 15 is 0 Å². The topological polar surface area (TPSA) is 37.3 Å². The van der Waals surface area contributed by atoms with Crippen LogP contribution in [0.1, 0.15) is 53.4 Å². The molecule has 0 aromatic carbocycles. The van der Waals surface area contributed by atoms with Crippen LogP contribution in [0.15, 0.2) is 36.0 Å². The molecule has 0 spiro atoms. The molecule has 2 heteroatoms. The third-order valence-electron chi connectivity index (χ3n) is 3.76. The van der Waals surface area contributed by atoms with Crippen molar-refractivity contribution in [3.8, 4) is 0 Å². The van der Waals surface area contributed by atoms with E-state index in [1.807, 2.05) is 13.0 Å². The van der Waals surface area contributed by atoms with E-state index in [0.717, 1.165) is 24.8 Å². The van der Waals surface area contributed by atoms with Crippen LogP contribution >= 0.6 is 0 Å². The highest BCUT2D eigenvalue weighted by molar-refractivity contribution is 5.66. The van der Waals surface area contributed by atoms with E-state index < -0.39 is 5.97 Å². The quantitative estimate of drug-likeness (QED) is 0.596. The molecule has 0 aliphatic heterocycles. The molecule has 0 aliphatic carbocycles. The van der Waals surface area contributed by atoms with Crippen LogP contribution < -0.4 is 0 Å². The van der Waals surface area contributed by atoms with E-state index in [-0.39, 0.29) is 0 Å². The lowest BCUT2D eigenvalue weighted by Crippen LogP contribution is -2.09. The van der Waals surface area contributed by atoms with Gasteiger partial charge in [0, 0.05) is 6.42 Å². The van der Waals surface area contributed by atoms with Crippen LogP contribution in [-0.4, -0.2) is 11.1 Å². The predicted octanol–water partition coefficient (Wildman–Crippen LogP) is 4.98. The highest BCUT2D eigenvalue weighted by Gasteiger charge is 2.13. The van der Waals surface area contributed by atoms with Gasteiger partial charge in [0.05, 0.1) is 0 Å². The molecular formula is C17H28O2. The fourth-order valence-corrected chi connectivity index (χ4v) is 1.91. The highest BCUT2D eigenvalue weighted by atomic mass is 16.4. The van der Waals surface area contributed by atoms with E-state index in [9.17, 15) is 4.79 Å². The second kappa shape index (κ2) is 9.60. The third-order valence-corrected chi connectivity index (χ3v) is 3.76. The molecule has 0 fully saturated rings. The smallest absolute Gasteiger partial charge is 0.303 e. The maximum atomic E-state index is 10.7. The fourth-order valence-electron chi connectivity index (χ4n) is 1.91. The van der Waals surface area contributed by atoms with Gasteiger partial charge in [-0.05, 0) is 38.5 Å². The molecule has 0 aliphatic rings. The van der Waals surface area contributed by atoms with Crippen molar-refractivity contribution in [1.82, 2.24) is 0 Å². The Morgan fingerprint density at radius 1 is 1.26 bits per heavy atom. The van der Waals surface area contributed by atoms with Gasteiger partial charge in [-0.3, -0.25) is 4.79 Å². The first-order chi connectivity index (χ1) is 8.90. The summed E-state index contributed by atoms with van der Waals surface area (Å²) in [5.41, 5.74) is 2.50. The van der Waals surface area contributed by atoms with Crippen LogP contribution in [0.2, 0.25) is 0 Å². The van der Waals surface area contributed by atoms with Crippen molar-refractivity contribution in [2.24, 2.45) is 11.8 Å². The zero-order valence-corrected chi connectivity index (χ0v) is 12.8. The first kappa shape index (κ1) is 17.7. The molecule has 1 N–H and O–H groups in total. The molecule has 0 amide bonds. The van der Waals surface area contributed by atoms with Crippen molar-refractivity contribution < 1.29 is 9.90 Å². The average Bonchev–Trinajstić information content (AvgIpc) is 2.39. The van der Waals surface area contributed by atoms with Crippen molar-refractivity contribution in [3.63, 3.8) is 0 Å². The SMILES string of the molecule is C=C/C(C)=C\C=C(/C)C(C)CCC(CC)CC(=O)O. The second-order valence-corrected chi connectivity index (χ2v) is 5.38. The minimum atomic E-state index is -0.684. The molecule has 2 unspecified atom stereocenters. The predicted molar refractivity (Wildman–Crippen MR) is 82.1 cm³/mol. The van der Waals surface area contributed by atoms with Gasteiger partial charge in [0.15, 0.2) is 0 Å². The number of allylic oxidation sites excluding steroid dienone is 5. The molecule has 108 valence electrons. The van der Waals surface area contributed by atoms with Gasteiger partial charge < -0.3 is 5.11 Å². The molecule has 0 bridgehead atoms. The number of carboxylic acid groups (broad SMARTS) is 1. The summed E-state index contributed by atoms with van der Waals surface area (Å²) in [6.45, 7) is 12.2. The monoisotopic (exact) mass is 264 g/mol. The minimum Gasteiger partial charge on any atom is -0.481 e. The Balaban J connectivity index is 4.32. The van der Waals surface area contributed by atoms with Gasteiger partial charge >= 0.3 is 5.97 Å². The van der Waals surface area contributed by atoms with Crippen molar-refractivity contribution >= 4 is 5.97 Å². The summed E-state index contributed by atoms with van der Waals surface area (Å²) in [6.07, 6.45) is 9.33. The lowest BCUT2D eigenvalue weighted by atomic mass is 9.89. The summed E-state index contributed by atoms with van der Waals surface area (Å²) < 4.78 is 0. The number of aliphatic carboxylic acids is 1. The molecule has 0 radical (unpaired) electrons. The van der Waals surface area contributed by atoms with Crippen LogP contribution in [0.3, 0.4) is 0 Å². The molecule has 0 saturated carbocycles. The molecular weight excluding hydrogens is 236 g/mol. The summed E-state index contributed by atoms with van der Waals surface area (Å²) in [4.78, 5) is 10.7. The molecule has 0 saturated heterocycles. The van der Waals surface area contributed by atoms with E-state index in [1.54, 1.807) is 0 Å². The highest BCUT2D eigenvalue weighted by Crippen LogP contribution is 2.23. The van der Waals surface area contributed by atoms with Crippen molar-refractivity contribution in [2.45, 2.75) is 53.4 Å². The number of hydrogen-bond acceptors (Lipinski definition) is 1. The van der Waals surface area contributed by atoms with Gasteiger partial charge in [0.1, 0.15) is 0 Å². The molecule has 0 heterocycles. The lowest BCUT2D eigenvalue weighted by molar-refractivity contribution is -0.138. The Morgan fingerprint density at radius 3 is 2.37 bits per heavy atom. The van der Waals surface area contributed by atoms with Crippen LogP contribution in [-0.2, 0) is 4.79 Å². The fraction of sp³-hybridized carbons (Fsp3) is 0.588. The van der Waals surface area contributed by atoms with Crippen molar-refractivity contribution in [3.05, 3.63) is 36.0 Å². The molecule has 2 nitrogen and oxygen atoms in total. The Labute approximate surface area is 117 Å². The van der Waals surface area contributed by atoms with Gasteiger partial charge in [-0.2, -0.15) is 0 Å². The van der Waals surface area contributed by atoms with Gasteiger partial charge in [0.25, 0.3) is 0 Å². The molecule has 0 aromatic heterocycles. The molecule has 19 heavy (non-hydrogen) atoms. The Morgan fingerprint density at radius 2 is 1.89 bits per heavy atom. The first-order valence-electron chi connectivity index (χ1n) is 7.10. The Bertz CT molecular complexity index is 350. The zero-order chi connectivity index (χ0) is 14.8. The van der Waals surface area contributed by atoms with Crippen LogP contribution in [0.4, 0.5) is 0 Å². The Hall–Kier alpha value is -1.31. The maximum Gasteiger partial charge on any atom is 0.303 e. The standard InChI is InChI=1S/C17H28O2/c1-6-13(3)8-9-14(4)15(5)10-11-16(7-2)12-17(18)19/h6,8-9,15-16H,1,7,10-12H2,2-5H3,(H,18,19)/b13-8-,14-9+. The summed E-state index contributed by atoms with van der Waals surface area (Å²) in [6, 6.07) is 0. The largest absolute Gasteiger partial charge is 0.481 e. The van der Waals surface area contributed by atoms with Crippen molar-refractivity contribution in [1.29, 1.82) is 0 Å². The normalized spacial score (nSPS) is 16.0. The van der Waals surface area contributed by atoms with Crippen LogP contribution in [0, 0.1) is 11.8 Å². The molecule has 0 aromatic rings. The van der Waals surface area contributed by atoms with Gasteiger partial charge in [-0.1, -0.05) is 56.2 Å². The summed E-state index contributed by atoms with van der Waals surface area (Å²) >= 11 is 0. The van der Waals surface area contributed by atoms with E-state index in [0.29, 0.717) is 18.3 Å². The summed E-state index contributed by atoms with van der Waals surface area (Å²) in [5, 5.41) is 8.83. The number of hydrogen-bond donors (Lipinski definition) is 1. The van der Waals surface area contributed by atoms with Gasteiger partial charge in [-0.25, -0.2) is 0 Å². The van der Waals surface area contributed by atoms with Gasteiger partial charge in [0.2, 0.25) is 0 Å². The summed E-state index contributed by atoms with van der Waals surface area (Å²) in [7, 11) is 0. The minimum absolute atomic E-state index is 0.293. The second-order valence-electron chi connectivity index (χ2n) is 5.38. The van der Waals surface area contributed by atoms with Gasteiger partial charge in [-0.15, -0.1) is 0 Å². The summed E-state index contributed by atoms with van der Waals surface area (Å²) in [5.74, 6) is 0.117. The zero-order valence-electron chi connectivity index (χ0n) is 12.8. The molecule has 2 atom stereocenters. The van der Waals surface area contributed by atoms with E-state index in [1.165, 1.54) is 5.57 Å². The van der Waals surface area contributed by atoms with E-state index in [2.05, 4.69) is 39.5 Å². The van der Waals surface area contributed by atoms with Crippen LogP contribution in [0.25, 0.3) is 0 Å². The third kappa shape index (κ3) is 8.41. The first-order valence-corrected chi connectivity index (χ1v) is 7.10. The maximum absolute atomic E-state index is 10.7. The van der Waals surface area contributed by atoms with Crippen molar-refractivity contribution in [2.75, 3.05) is 0 Å². The number of rotatable bonds is 9. The van der Waals surface area contributed by atoms with E-state index in [4.69, 9.17) is 5.11 Å². The number of carboxylic acids is 1. The Kier molecular flexibility index (Phi) is 8.94. The average molecular weight is 264 g/mol. The lowest BCUT2D eigenvalue weighted by Gasteiger charge is -2.16. The molecule has 0 rings (SSSR count).